The molecule has 0 radical (unpaired) electrons. The number of nitrogens with one attached hydrogen (secondary N) is 2. The number of pyridine rings is 1. The van der Waals surface area contributed by atoms with Crippen molar-refractivity contribution in [2.24, 2.45) is 5.92 Å². The monoisotopic (exact) mass is 368 g/mol. The molecule has 0 bridgehead atoms. The first-order valence-corrected chi connectivity index (χ1v) is 7.66. The smallest absolute Gasteiger partial charge is 0.405 e. The van der Waals surface area contributed by atoms with Crippen LogP contribution >= 0.6 is 34.8 Å². The van der Waals surface area contributed by atoms with Gasteiger partial charge in [-0.1, -0.05) is 37.0 Å². The topological polar surface area (TPSA) is 95.6 Å². The molecule has 0 aliphatic carbocycles. The van der Waals surface area contributed by atoms with Crippen LogP contribution in [0.25, 0.3) is 0 Å². The number of aromatic nitrogens is 1. The minimum absolute atomic E-state index is 0.00893. The minimum atomic E-state index is -0.853. The molecule has 9 heteroatoms. The number of H-pyrrole nitrogens is 1. The Morgan fingerprint density at radius 1 is 1.27 bits per heavy atom. The summed E-state index contributed by atoms with van der Waals surface area (Å²) in [6.07, 6.45) is 0.836. The molecule has 1 aromatic heterocycles. The van der Waals surface area contributed by atoms with Crippen LogP contribution in [0.1, 0.15) is 30.8 Å². The van der Waals surface area contributed by atoms with Crippen molar-refractivity contribution in [3.8, 4) is 0 Å². The van der Waals surface area contributed by atoms with Gasteiger partial charge in [-0.15, -0.1) is 0 Å². The number of hydrogen-bond acceptors (Lipinski definition) is 4. The molecule has 1 amide bonds. The Kier molecular flexibility index (Phi) is 7.19. The highest BCUT2D eigenvalue weighted by Gasteiger charge is 2.27. The third-order valence-electron chi connectivity index (χ3n) is 2.70. The lowest BCUT2D eigenvalue weighted by Crippen LogP contribution is -2.31. The number of amides is 1. The lowest BCUT2D eigenvalue weighted by atomic mass is 10.1. The number of carbonyl (C=O) groups is 2. The maximum atomic E-state index is 11.9. The van der Waals surface area contributed by atoms with Gasteiger partial charge < -0.3 is 15.8 Å². The number of esters is 1. The molecule has 1 heterocycles. The second-order valence-corrected chi connectivity index (χ2v) is 6.10. The fourth-order valence-electron chi connectivity index (χ4n) is 1.46. The van der Waals surface area contributed by atoms with Gasteiger partial charge in [-0.2, -0.15) is 4.98 Å². The standard InChI is InChI=1S/C13H16Cl3N3O3/c1-6(2)3-4-18-7(20)5-22-13(21)11-8(14)10(17)9(15)12(16)19-11/h6H,3-5H2,1-2H3,(H2,17,19)(H,18,20)/p+1. The third-order valence-corrected chi connectivity index (χ3v) is 3.87. The van der Waals surface area contributed by atoms with Crippen LogP contribution in [0.3, 0.4) is 0 Å². The molecule has 0 aliphatic rings. The zero-order valence-electron chi connectivity index (χ0n) is 12.1. The lowest BCUT2D eigenvalue weighted by Gasteiger charge is -2.07. The van der Waals surface area contributed by atoms with E-state index < -0.39 is 18.5 Å². The van der Waals surface area contributed by atoms with Gasteiger partial charge in [0.15, 0.2) is 6.61 Å². The highest BCUT2D eigenvalue weighted by molar-refractivity contribution is 6.45. The summed E-state index contributed by atoms with van der Waals surface area (Å²) in [5, 5.41) is 2.49. The van der Waals surface area contributed by atoms with Gasteiger partial charge in [-0.25, -0.2) is 4.79 Å². The highest BCUT2D eigenvalue weighted by Crippen LogP contribution is 2.32. The Labute approximate surface area is 143 Å². The molecule has 4 N–H and O–H groups in total. The normalized spacial score (nSPS) is 10.6. The summed E-state index contributed by atoms with van der Waals surface area (Å²) in [6.45, 7) is 4.17. The van der Waals surface area contributed by atoms with Crippen molar-refractivity contribution in [1.29, 1.82) is 0 Å². The van der Waals surface area contributed by atoms with E-state index in [0.717, 1.165) is 6.42 Å². The molecular weight excluding hydrogens is 353 g/mol. The van der Waals surface area contributed by atoms with Crippen LogP contribution in [0.5, 0.6) is 0 Å². The van der Waals surface area contributed by atoms with Crippen LogP contribution < -0.4 is 16.0 Å². The van der Waals surface area contributed by atoms with Crippen molar-refractivity contribution in [2.45, 2.75) is 20.3 Å². The van der Waals surface area contributed by atoms with Crippen LogP contribution in [0.2, 0.25) is 15.2 Å². The average Bonchev–Trinajstić information content (AvgIpc) is 2.46. The molecule has 0 unspecified atom stereocenters. The van der Waals surface area contributed by atoms with Crippen molar-refractivity contribution in [1.82, 2.24) is 5.32 Å². The van der Waals surface area contributed by atoms with Crippen molar-refractivity contribution < 1.29 is 19.3 Å². The van der Waals surface area contributed by atoms with E-state index in [2.05, 4.69) is 10.3 Å². The number of nitrogens with two attached hydrogens (primary N) is 1. The zero-order chi connectivity index (χ0) is 16.9. The van der Waals surface area contributed by atoms with Gasteiger partial charge in [0.2, 0.25) is 0 Å². The molecule has 122 valence electrons. The number of carbonyl (C=O) groups excluding carboxylic acids is 2. The van der Waals surface area contributed by atoms with Gasteiger partial charge >= 0.3 is 11.7 Å². The Hall–Kier alpha value is -1.24. The second-order valence-electron chi connectivity index (χ2n) is 4.96. The molecule has 0 atom stereocenters. The number of halogens is 3. The summed E-state index contributed by atoms with van der Waals surface area (Å²) < 4.78 is 4.85. The Morgan fingerprint density at radius 3 is 2.50 bits per heavy atom. The van der Waals surface area contributed by atoms with Crippen LogP contribution in [-0.2, 0) is 9.53 Å². The van der Waals surface area contributed by atoms with Crippen LogP contribution in [-0.4, -0.2) is 25.0 Å². The van der Waals surface area contributed by atoms with E-state index in [0.29, 0.717) is 12.5 Å². The molecular formula is C13H17Cl3N3O3+. The molecule has 0 saturated heterocycles. The Morgan fingerprint density at radius 2 is 1.91 bits per heavy atom. The largest absolute Gasteiger partial charge is 0.448 e. The summed E-state index contributed by atoms with van der Waals surface area (Å²) in [5.41, 5.74) is 5.41. The quantitative estimate of drug-likeness (QED) is 0.594. The van der Waals surface area contributed by atoms with E-state index in [1.54, 1.807) is 0 Å². The molecule has 0 aliphatic heterocycles. The predicted molar refractivity (Wildman–Crippen MR) is 85.2 cm³/mol. The van der Waals surface area contributed by atoms with Gasteiger partial charge in [0.05, 0.1) is 5.69 Å². The van der Waals surface area contributed by atoms with Crippen molar-refractivity contribution in [3.63, 3.8) is 0 Å². The Balaban J connectivity index is 2.61. The van der Waals surface area contributed by atoms with Crippen LogP contribution in [0.4, 0.5) is 5.69 Å². The summed E-state index contributed by atoms with van der Waals surface area (Å²) in [7, 11) is 0. The van der Waals surface area contributed by atoms with Gasteiger partial charge in [-0.05, 0) is 23.9 Å². The summed E-state index contributed by atoms with van der Waals surface area (Å²) >= 11 is 17.5. The van der Waals surface area contributed by atoms with Crippen molar-refractivity contribution in [2.75, 3.05) is 18.9 Å². The van der Waals surface area contributed by atoms with E-state index >= 15 is 0 Å². The number of rotatable bonds is 6. The number of aromatic amines is 1. The first-order chi connectivity index (χ1) is 10.2. The predicted octanol–water partition coefficient (Wildman–Crippen LogP) is 2.36. The third kappa shape index (κ3) is 5.19. The number of ether oxygens (including phenoxy) is 1. The van der Waals surface area contributed by atoms with Gasteiger partial charge in [-0.3, -0.25) is 4.79 Å². The lowest BCUT2D eigenvalue weighted by molar-refractivity contribution is -0.380. The first-order valence-electron chi connectivity index (χ1n) is 6.53. The van der Waals surface area contributed by atoms with E-state index in [9.17, 15) is 9.59 Å². The van der Waals surface area contributed by atoms with E-state index in [4.69, 9.17) is 45.3 Å². The molecule has 1 rings (SSSR count). The van der Waals surface area contributed by atoms with Crippen LogP contribution in [0.15, 0.2) is 0 Å². The molecule has 0 saturated carbocycles. The van der Waals surface area contributed by atoms with Crippen molar-refractivity contribution >= 4 is 52.4 Å². The molecule has 1 aromatic rings. The van der Waals surface area contributed by atoms with E-state index in [1.165, 1.54) is 0 Å². The summed E-state index contributed by atoms with van der Waals surface area (Å²) in [6, 6.07) is 0. The van der Waals surface area contributed by atoms with Gasteiger partial charge in [0.1, 0.15) is 10.0 Å². The van der Waals surface area contributed by atoms with Crippen molar-refractivity contribution in [3.05, 3.63) is 20.9 Å². The zero-order valence-corrected chi connectivity index (χ0v) is 14.4. The fourth-order valence-corrected chi connectivity index (χ4v) is 2.07. The second kappa shape index (κ2) is 8.41. The van der Waals surface area contributed by atoms with Gasteiger partial charge in [0.25, 0.3) is 11.1 Å². The number of nitrogen functional groups attached to an aromatic ring is 1. The molecule has 0 aromatic carbocycles. The summed E-state index contributed by atoms with van der Waals surface area (Å²) in [4.78, 5) is 25.9. The number of hydrogen-bond donors (Lipinski definition) is 2. The average molecular weight is 370 g/mol. The van der Waals surface area contributed by atoms with E-state index in [1.807, 2.05) is 13.8 Å². The van der Waals surface area contributed by atoms with E-state index in [-0.39, 0.29) is 26.6 Å². The maximum Gasteiger partial charge on any atom is 0.405 e. The molecule has 22 heavy (non-hydrogen) atoms. The van der Waals surface area contributed by atoms with Gasteiger partial charge in [0, 0.05) is 6.54 Å². The minimum Gasteiger partial charge on any atom is -0.448 e. The maximum absolute atomic E-state index is 11.9. The fraction of sp³-hybridized carbons (Fsp3) is 0.462. The molecule has 0 fully saturated rings. The van der Waals surface area contributed by atoms with Crippen LogP contribution in [0, 0.1) is 5.92 Å². The molecule has 6 nitrogen and oxygen atoms in total. The first kappa shape index (κ1) is 18.8. The SMILES string of the molecule is CC(C)CCNC(=O)COC(=O)c1[nH+]c(Cl)c(Cl)c(N)c1Cl. The highest BCUT2D eigenvalue weighted by atomic mass is 35.5. The Bertz CT molecular complexity index is 579. The summed E-state index contributed by atoms with van der Waals surface area (Å²) in [5.74, 6) is -0.789. The number of anilines is 1. The molecule has 0 spiro atoms.